The first-order valence-corrected chi connectivity index (χ1v) is 13.9. The molecule has 0 radical (unpaired) electrons. The fraction of sp³-hybridized carbons (Fsp3) is 0.379. The first-order chi connectivity index (χ1) is 16.0. The molecule has 2 atom stereocenters. The molecule has 0 amide bonds. The molecule has 1 saturated heterocycles. The molecule has 3 aromatic rings. The van der Waals surface area contributed by atoms with Crippen molar-refractivity contribution in [3.8, 4) is 0 Å². The van der Waals surface area contributed by atoms with Gasteiger partial charge in [0.2, 0.25) is 0 Å². The van der Waals surface area contributed by atoms with Crippen LogP contribution in [0.1, 0.15) is 39.2 Å². The number of ether oxygens (including phenoxy) is 2. The number of benzene rings is 3. The quantitative estimate of drug-likeness (QED) is 0.426. The molecule has 1 heterocycles. The lowest BCUT2D eigenvalue weighted by molar-refractivity contribution is -0.101. The third kappa shape index (κ3) is 5.64. The summed E-state index contributed by atoms with van der Waals surface area (Å²) in [6.07, 6.45) is 2.21. The van der Waals surface area contributed by atoms with Gasteiger partial charge in [-0.15, -0.1) is 0 Å². The van der Waals surface area contributed by atoms with Crippen molar-refractivity contribution in [3.63, 3.8) is 0 Å². The number of hydrogen-bond donors (Lipinski definition) is 0. The monoisotopic (exact) mass is 460 g/mol. The van der Waals surface area contributed by atoms with Gasteiger partial charge in [-0.25, -0.2) is 0 Å². The van der Waals surface area contributed by atoms with Crippen LogP contribution >= 0.6 is 0 Å². The van der Waals surface area contributed by atoms with Crippen molar-refractivity contribution in [2.75, 3.05) is 13.2 Å². The fourth-order valence-electron chi connectivity index (χ4n) is 4.81. The lowest BCUT2D eigenvalue weighted by atomic mass is 10.1. The average Bonchev–Trinajstić information content (AvgIpc) is 2.85. The molecular weight excluding hydrogens is 424 g/mol. The lowest BCUT2D eigenvalue weighted by Gasteiger charge is -2.44. The van der Waals surface area contributed by atoms with E-state index < -0.39 is 8.32 Å². The zero-order valence-electron chi connectivity index (χ0n) is 20.1. The van der Waals surface area contributed by atoms with E-state index in [0.29, 0.717) is 19.8 Å². The fourth-order valence-corrected chi connectivity index (χ4v) is 9.40. The van der Waals surface area contributed by atoms with E-state index in [1.165, 1.54) is 15.9 Å². The number of hydrogen-bond acceptors (Lipinski definition) is 3. The second-order valence-electron chi connectivity index (χ2n) is 9.93. The summed E-state index contributed by atoms with van der Waals surface area (Å²) < 4.78 is 19.4. The Morgan fingerprint density at radius 2 is 1.33 bits per heavy atom. The summed E-state index contributed by atoms with van der Waals surface area (Å²) >= 11 is 0. The minimum Gasteiger partial charge on any atom is -0.405 e. The van der Waals surface area contributed by atoms with Crippen LogP contribution in [0.3, 0.4) is 0 Å². The largest absolute Gasteiger partial charge is 0.405 e. The first-order valence-electron chi connectivity index (χ1n) is 12.0. The molecule has 1 aliphatic rings. The van der Waals surface area contributed by atoms with Crippen LogP contribution in [0.5, 0.6) is 0 Å². The zero-order chi connectivity index (χ0) is 23.2. The summed E-state index contributed by atoms with van der Waals surface area (Å²) in [5, 5.41) is 2.60. The third-order valence-electron chi connectivity index (χ3n) is 6.56. The smallest absolute Gasteiger partial charge is 0.261 e. The van der Waals surface area contributed by atoms with E-state index >= 15 is 0 Å². The summed E-state index contributed by atoms with van der Waals surface area (Å²) in [4.78, 5) is 0. The predicted molar refractivity (Wildman–Crippen MR) is 138 cm³/mol. The van der Waals surface area contributed by atoms with Gasteiger partial charge in [-0.2, -0.15) is 0 Å². The van der Waals surface area contributed by atoms with E-state index in [1.807, 2.05) is 18.2 Å². The van der Waals surface area contributed by atoms with Crippen LogP contribution < -0.4 is 10.4 Å². The molecule has 4 heteroatoms. The van der Waals surface area contributed by atoms with E-state index in [0.717, 1.165) is 12.8 Å². The molecule has 0 saturated carbocycles. The van der Waals surface area contributed by atoms with Crippen LogP contribution in [-0.2, 0) is 20.5 Å². The Morgan fingerprint density at radius 3 is 1.82 bits per heavy atom. The van der Waals surface area contributed by atoms with Crippen LogP contribution in [0.2, 0.25) is 5.04 Å². The maximum atomic E-state index is 7.04. The lowest BCUT2D eigenvalue weighted by Crippen LogP contribution is -2.67. The second-order valence-corrected chi connectivity index (χ2v) is 14.2. The molecule has 3 nitrogen and oxygen atoms in total. The van der Waals surface area contributed by atoms with Crippen molar-refractivity contribution in [3.05, 3.63) is 96.6 Å². The van der Waals surface area contributed by atoms with E-state index in [9.17, 15) is 0 Å². The van der Waals surface area contributed by atoms with Crippen molar-refractivity contribution in [2.45, 2.75) is 57.5 Å². The summed E-state index contributed by atoms with van der Waals surface area (Å²) in [5.74, 6) is 0. The molecule has 4 rings (SSSR count). The van der Waals surface area contributed by atoms with Crippen LogP contribution in [0.15, 0.2) is 91.0 Å². The van der Waals surface area contributed by atoms with Crippen molar-refractivity contribution in [1.82, 2.24) is 0 Å². The van der Waals surface area contributed by atoms with Crippen LogP contribution in [0, 0.1) is 0 Å². The highest BCUT2D eigenvalue weighted by atomic mass is 28.4. The second kappa shape index (κ2) is 10.8. The van der Waals surface area contributed by atoms with Gasteiger partial charge >= 0.3 is 0 Å². The van der Waals surface area contributed by atoms with Gasteiger partial charge in [-0.05, 0) is 33.8 Å². The van der Waals surface area contributed by atoms with Crippen molar-refractivity contribution in [1.29, 1.82) is 0 Å². The Balaban J connectivity index is 1.44. The number of rotatable bonds is 8. The average molecular weight is 461 g/mol. The summed E-state index contributed by atoms with van der Waals surface area (Å²) in [6.45, 7) is 8.82. The molecule has 0 bridgehead atoms. The maximum absolute atomic E-state index is 7.04. The predicted octanol–water partition coefficient (Wildman–Crippen LogP) is 5.33. The van der Waals surface area contributed by atoms with Gasteiger partial charge in [-0.1, -0.05) is 112 Å². The summed E-state index contributed by atoms with van der Waals surface area (Å²) in [7, 11) is -2.52. The molecule has 33 heavy (non-hydrogen) atoms. The van der Waals surface area contributed by atoms with Gasteiger partial charge in [0.1, 0.15) is 0 Å². The molecule has 0 N–H and O–H groups in total. The third-order valence-corrected chi connectivity index (χ3v) is 11.6. The molecule has 174 valence electrons. The molecule has 1 fully saturated rings. The Bertz CT molecular complexity index is 923. The minimum absolute atomic E-state index is 0.0221. The molecule has 3 aromatic carbocycles. The molecule has 0 aliphatic carbocycles. The Morgan fingerprint density at radius 1 is 0.788 bits per heavy atom. The molecule has 0 aromatic heterocycles. The molecule has 1 aliphatic heterocycles. The van der Waals surface area contributed by atoms with E-state index in [4.69, 9.17) is 13.9 Å². The summed E-state index contributed by atoms with van der Waals surface area (Å²) in [6, 6.07) is 31.9. The highest BCUT2D eigenvalue weighted by molar-refractivity contribution is 6.99. The van der Waals surface area contributed by atoms with Crippen LogP contribution in [0.25, 0.3) is 0 Å². The summed E-state index contributed by atoms with van der Waals surface area (Å²) in [5.41, 5.74) is 1.20. The maximum Gasteiger partial charge on any atom is 0.261 e. The standard InChI is InChI=1S/C29H36O3Si/c1-29(2,3)33(27-15-9-5-10-16-27,28-17-11-6-12-18-28)32-23-26-20-19-25(22-31-26)30-21-24-13-7-4-8-14-24/h4-18,25-26H,19-23H2,1-3H3. The van der Waals surface area contributed by atoms with E-state index in [-0.39, 0.29) is 17.2 Å². The van der Waals surface area contributed by atoms with E-state index in [2.05, 4.69) is 93.6 Å². The topological polar surface area (TPSA) is 27.7 Å². The van der Waals surface area contributed by atoms with Crippen molar-refractivity contribution < 1.29 is 13.9 Å². The molecule has 2 unspecified atom stereocenters. The highest BCUT2D eigenvalue weighted by Crippen LogP contribution is 2.37. The Kier molecular flexibility index (Phi) is 7.81. The first kappa shape index (κ1) is 23.9. The molecule has 0 spiro atoms. The van der Waals surface area contributed by atoms with E-state index in [1.54, 1.807) is 0 Å². The SMILES string of the molecule is CC(C)(C)[Si](OCC1CCC(OCc2ccccc2)CO1)(c1ccccc1)c1ccccc1. The molecular formula is C29H36O3Si. The van der Waals surface area contributed by atoms with Gasteiger partial charge in [0, 0.05) is 0 Å². The van der Waals surface area contributed by atoms with Gasteiger partial charge in [0.15, 0.2) is 0 Å². The highest BCUT2D eigenvalue weighted by Gasteiger charge is 2.50. The normalized spacial score (nSPS) is 19.4. The minimum atomic E-state index is -2.52. The van der Waals surface area contributed by atoms with Crippen LogP contribution in [0.4, 0.5) is 0 Å². The van der Waals surface area contributed by atoms with Gasteiger partial charge in [0.25, 0.3) is 8.32 Å². The van der Waals surface area contributed by atoms with Crippen molar-refractivity contribution >= 4 is 18.7 Å². The Hall–Kier alpha value is -2.24. The van der Waals surface area contributed by atoms with Gasteiger partial charge in [0.05, 0.1) is 32.0 Å². The van der Waals surface area contributed by atoms with Gasteiger partial charge in [-0.3, -0.25) is 0 Å². The zero-order valence-corrected chi connectivity index (χ0v) is 21.1. The van der Waals surface area contributed by atoms with Gasteiger partial charge < -0.3 is 13.9 Å². The van der Waals surface area contributed by atoms with Crippen LogP contribution in [-0.4, -0.2) is 33.7 Å². The van der Waals surface area contributed by atoms with Crippen molar-refractivity contribution in [2.24, 2.45) is 0 Å². The Labute approximate surface area is 199 Å².